The average molecular weight is 358 g/mol. The van der Waals surface area contributed by atoms with E-state index in [2.05, 4.69) is 0 Å². The number of fused-ring (bicyclic) bond motifs is 1. The third-order valence-electron chi connectivity index (χ3n) is 4.50. The summed E-state index contributed by atoms with van der Waals surface area (Å²) in [6.45, 7) is 0.261. The molecule has 0 saturated carbocycles. The first-order chi connectivity index (χ1) is 12.0. The topological polar surface area (TPSA) is 25.2 Å². The van der Waals surface area contributed by atoms with E-state index >= 15 is 0 Å². The summed E-state index contributed by atoms with van der Waals surface area (Å²) in [5.41, 5.74) is 2.75. The van der Waals surface area contributed by atoms with Crippen LogP contribution in [0.5, 0.6) is 0 Å². The number of thioether (sulfide) groups is 1. The lowest BCUT2D eigenvalue weighted by Crippen LogP contribution is -2.27. The maximum atomic E-state index is 13.5. The van der Waals surface area contributed by atoms with E-state index in [0.29, 0.717) is 11.3 Å². The van der Waals surface area contributed by atoms with Crippen LogP contribution in [0.25, 0.3) is 10.9 Å². The van der Waals surface area contributed by atoms with E-state index < -0.39 is 11.6 Å². The molecule has 1 unspecified atom stereocenters. The molecule has 1 saturated heterocycles. The van der Waals surface area contributed by atoms with Gasteiger partial charge in [-0.25, -0.2) is 8.78 Å². The first-order valence-corrected chi connectivity index (χ1v) is 8.98. The zero-order valence-electron chi connectivity index (χ0n) is 13.6. The van der Waals surface area contributed by atoms with Crippen molar-refractivity contribution in [3.8, 4) is 0 Å². The fraction of sp³-hybridized carbons (Fsp3) is 0.211. The standard InChI is InChI=1S/C19H16F2N2OS/c1-22-10-14(13-4-2-3-5-17(13)22)19-23(18(24)11-25-19)9-12-6-7-15(20)16(21)8-12/h2-8,10,19H,9,11H2,1H3. The molecule has 0 bridgehead atoms. The number of hydrogen-bond acceptors (Lipinski definition) is 2. The summed E-state index contributed by atoms with van der Waals surface area (Å²) in [6, 6.07) is 11.8. The second kappa shape index (κ2) is 6.19. The molecule has 3 nitrogen and oxygen atoms in total. The molecule has 0 N–H and O–H groups in total. The highest BCUT2D eigenvalue weighted by Gasteiger charge is 2.34. The van der Waals surface area contributed by atoms with Gasteiger partial charge in [0.2, 0.25) is 5.91 Å². The maximum absolute atomic E-state index is 13.5. The van der Waals surface area contributed by atoms with Crippen molar-refractivity contribution in [1.82, 2.24) is 9.47 Å². The van der Waals surface area contributed by atoms with Crippen molar-refractivity contribution in [3.05, 3.63) is 71.4 Å². The lowest BCUT2D eigenvalue weighted by Gasteiger charge is -2.24. The van der Waals surface area contributed by atoms with Crippen LogP contribution in [-0.2, 0) is 18.4 Å². The molecule has 25 heavy (non-hydrogen) atoms. The highest BCUT2D eigenvalue weighted by molar-refractivity contribution is 8.00. The number of hydrogen-bond donors (Lipinski definition) is 0. The molecule has 1 aliphatic heterocycles. The number of halogens is 2. The monoisotopic (exact) mass is 358 g/mol. The van der Waals surface area contributed by atoms with Gasteiger partial charge in [-0.1, -0.05) is 24.3 Å². The Morgan fingerprint density at radius 3 is 2.76 bits per heavy atom. The number of aromatic nitrogens is 1. The Bertz CT molecular complexity index is 969. The molecule has 3 aromatic rings. The van der Waals surface area contributed by atoms with Gasteiger partial charge in [-0.2, -0.15) is 0 Å². The van der Waals surface area contributed by atoms with Crippen molar-refractivity contribution >= 4 is 28.6 Å². The summed E-state index contributed by atoms with van der Waals surface area (Å²) in [7, 11) is 1.98. The molecule has 1 aliphatic rings. The van der Waals surface area contributed by atoms with Gasteiger partial charge >= 0.3 is 0 Å². The maximum Gasteiger partial charge on any atom is 0.234 e. The largest absolute Gasteiger partial charge is 0.350 e. The highest BCUT2D eigenvalue weighted by Crippen LogP contribution is 2.42. The van der Waals surface area contributed by atoms with Gasteiger partial charge in [0, 0.05) is 36.3 Å². The van der Waals surface area contributed by atoms with Crippen molar-refractivity contribution in [2.45, 2.75) is 11.9 Å². The minimum Gasteiger partial charge on any atom is -0.350 e. The Kier molecular flexibility index (Phi) is 4.00. The molecule has 0 aliphatic carbocycles. The number of amides is 1. The predicted molar refractivity (Wildman–Crippen MR) is 95.0 cm³/mol. The molecular formula is C19H16F2N2OS. The van der Waals surface area contributed by atoms with E-state index in [1.54, 1.807) is 16.7 Å². The molecule has 128 valence electrons. The second-order valence-corrected chi connectivity index (χ2v) is 7.21. The van der Waals surface area contributed by atoms with Gasteiger partial charge in [-0.05, 0) is 23.8 Å². The summed E-state index contributed by atoms with van der Waals surface area (Å²) in [5, 5.41) is 0.971. The fourth-order valence-electron chi connectivity index (χ4n) is 3.29. The number of carbonyl (C=O) groups is 1. The summed E-state index contributed by atoms with van der Waals surface area (Å²) in [6.07, 6.45) is 2.04. The number of para-hydroxylation sites is 1. The van der Waals surface area contributed by atoms with Gasteiger partial charge in [0.25, 0.3) is 0 Å². The van der Waals surface area contributed by atoms with Crippen molar-refractivity contribution in [3.63, 3.8) is 0 Å². The molecule has 2 heterocycles. The van der Waals surface area contributed by atoms with E-state index in [1.807, 2.05) is 42.1 Å². The number of benzene rings is 2. The molecule has 2 aromatic carbocycles. The number of carbonyl (C=O) groups excluding carboxylic acids is 1. The minimum atomic E-state index is -0.890. The summed E-state index contributed by atoms with van der Waals surface area (Å²) < 4.78 is 28.7. The molecule has 1 atom stereocenters. The van der Waals surface area contributed by atoms with Gasteiger partial charge in [0.15, 0.2) is 11.6 Å². The Morgan fingerprint density at radius 1 is 1.16 bits per heavy atom. The first kappa shape index (κ1) is 16.1. The normalized spacial score (nSPS) is 17.6. The summed E-state index contributed by atoms with van der Waals surface area (Å²) >= 11 is 1.56. The van der Waals surface area contributed by atoms with Crippen molar-refractivity contribution in [1.29, 1.82) is 0 Å². The third-order valence-corrected chi connectivity index (χ3v) is 5.74. The summed E-state index contributed by atoms with van der Waals surface area (Å²) in [4.78, 5) is 14.1. The lowest BCUT2D eigenvalue weighted by atomic mass is 10.1. The molecule has 1 amide bonds. The molecule has 6 heteroatoms. The van der Waals surface area contributed by atoms with Crippen LogP contribution in [0, 0.1) is 11.6 Å². The van der Waals surface area contributed by atoms with Crippen molar-refractivity contribution in [2.75, 3.05) is 5.75 Å². The quantitative estimate of drug-likeness (QED) is 0.700. The zero-order valence-corrected chi connectivity index (χ0v) is 14.4. The summed E-state index contributed by atoms with van der Waals surface area (Å²) in [5.74, 6) is -1.37. The third kappa shape index (κ3) is 2.80. The second-order valence-electron chi connectivity index (χ2n) is 6.15. The average Bonchev–Trinajstić information content (AvgIpc) is 3.12. The Labute approximate surface area is 148 Å². The molecule has 0 spiro atoms. The van der Waals surface area contributed by atoms with Gasteiger partial charge in [-0.3, -0.25) is 4.79 Å². The zero-order chi connectivity index (χ0) is 17.6. The van der Waals surface area contributed by atoms with E-state index in [1.165, 1.54) is 6.07 Å². The van der Waals surface area contributed by atoms with E-state index in [-0.39, 0.29) is 17.8 Å². The van der Waals surface area contributed by atoms with Crippen LogP contribution in [-0.4, -0.2) is 21.1 Å². The van der Waals surface area contributed by atoms with E-state index in [0.717, 1.165) is 28.6 Å². The number of nitrogens with zero attached hydrogens (tertiary/aromatic N) is 2. The Hall–Kier alpha value is -2.34. The van der Waals surface area contributed by atoms with Crippen LogP contribution in [0.15, 0.2) is 48.7 Å². The first-order valence-electron chi connectivity index (χ1n) is 7.93. The molecule has 0 radical (unpaired) electrons. The van der Waals surface area contributed by atoms with Gasteiger partial charge in [0.05, 0.1) is 5.75 Å². The van der Waals surface area contributed by atoms with Crippen LogP contribution in [0.2, 0.25) is 0 Å². The van der Waals surface area contributed by atoms with Crippen LogP contribution in [0.3, 0.4) is 0 Å². The number of aryl methyl sites for hydroxylation is 1. The predicted octanol–water partition coefficient (Wildman–Crippen LogP) is 4.23. The molecule has 1 fully saturated rings. The SMILES string of the molecule is Cn1cc(C2SCC(=O)N2Cc2ccc(F)c(F)c2)c2ccccc21. The Morgan fingerprint density at radius 2 is 1.96 bits per heavy atom. The fourth-order valence-corrected chi connectivity index (χ4v) is 4.49. The van der Waals surface area contributed by atoms with Crippen LogP contribution in [0.4, 0.5) is 8.78 Å². The van der Waals surface area contributed by atoms with Gasteiger partial charge in [0.1, 0.15) is 5.37 Å². The molecular weight excluding hydrogens is 342 g/mol. The van der Waals surface area contributed by atoms with Crippen LogP contribution in [0.1, 0.15) is 16.5 Å². The number of rotatable bonds is 3. The minimum absolute atomic E-state index is 0.00710. The van der Waals surface area contributed by atoms with Crippen LogP contribution >= 0.6 is 11.8 Å². The van der Waals surface area contributed by atoms with Crippen molar-refractivity contribution < 1.29 is 13.6 Å². The molecule has 1 aromatic heterocycles. The van der Waals surface area contributed by atoms with Gasteiger partial charge in [-0.15, -0.1) is 11.8 Å². The smallest absolute Gasteiger partial charge is 0.234 e. The van der Waals surface area contributed by atoms with Gasteiger partial charge < -0.3 is 9.47 Å². The lowest BCUT2D eigenvalue weighted by molar-refractivity contribution is -0.128. The van der Waals surface area contributed by atoms with E-state index in [9.17, 15) is 13.6 Å². The van der Waals surface area contributed by atoms with E-state index in [4.69, 9.17) is 0 Å². The molecule has 4 rings (SSSR count). The Balaban J connectivity index is 1.71. The van der Waals surface area contributed by atoms with Crippen molar-refractivity contribution in [2.24, 2.45) is 7.05 Å². The van der Waals surface area contributed by atoms with Crippen LogP contribution < -0.4 is 0 Å². The highest BCUT2D eigenvalue weighted by atomic mass is 32.2.